The van der Waals surface area contributed by atoms with E-state index < -0.39 is 0 Å². The van der Waals surface area contributed by atoms with E-state index in [9.17, 15) is 9.90 Å². The van der Waals surface area contributed by atoms with Gasteiger partial charge in [-0.1, -0.05) is 12.1 Å². The van der Waals surface area contributed by atoms with Crippen LogP contribution >= 0.6 is 0 Å². The fourth-order valence-corrected chi connectivity index (χ4v) is 3.60. The van der Waals surface area contributed by atoms with E-state index in [-0.39, 0.29) is 11.8 Å². The molecule has 1 aromatic rings. The van der Waals surface area contributed by atoms with Crippen molar-refractivity contribution < 1.29 is 9.90 Å². The summed E-state index contributed by atoms with van der Waals surface area (Å²) < 4.78 is 0. The molecule has 1 atom stereocenters. The lowest BCUT2D eigenvalue weighted by molar-refractivity contribution is 0.184. The van der Waals surface area contributed by atoms with Crippen LogP contribution in [0.4, 0.5) is 4.79 Å². The SMILES string of the molecule is CN1CCCC(CCNC(=O)N(Cc2cccc(O)c2)C2CC2)C1. The van der Waals surface area contributed by atoms with Crippen molar-refractivity contribution in [3.8, 4) is 5.75 Å². The van der Waals surface area contributed by atoms with Crippen molar-refractivity contribution in [2.45, 2.75) is 44.7 Å². The van der Waals surface area contributed by atoms with E-state index >= 15 is 0 Å². The highest BCUT2D eigenvalue weighted by atomic mass is 16.3. The second-order valence-electron chi connectivity index (χ2n) is 7.32. The first-order chi connectivity index (χ1) is 11.6. The number of aromatic hydroxyl groups is 1. The van der Waals surface area contributed by atoms with Gasteiger partial charge in [-0.15, -0.1) is 0 Å². The number of rotatable bonds is 6. The first-order valence-corrected chi connectivity index (χ1v) is 9.13. The van der Waals surface area contributed by atoms with Gasteiger partial charge in [-0.2, -0.15) is 0 Å². The Balaban J connectivity index is 1.48. The average Bonchev–Trinajstić information content (AvgIpc) is 3.37. The van der Waals surface area contributed by atoms with Crippen molar-refractivity contribution in [1.29, 1.82) is 0 Å². The minimum Gasteiger partial charge on any atom is -0.508 e. The molecule has 1 aliphatic carbocycles. The molecule has 0 spiro atoms. The van der Waals surface area contributed by atoms with Gasteiger partial charge in [-0.3, -0.25) is 0 Å². The minimum absolute atomic E-state index is 0.0324. The van der Waals surface area contributed by atoms with E-state index in [1.807, 2.05) is 17.0 Å². The number of hydrogen-bond acceptors (Lipinski definition) is 3. The normalized spacial score (nSPS) is 21.5. The van der Waals surface area contributed by atoms with Gasteiger partial charge in [0, 0.05) is 25.7 Å². The van der Waals surface area contributed by atoms with Crippen molar-refractivity contribution in [1.82, 2.24) is 15.1 Å². The van der Waals surface area contributed by atoms with Crippen LogP contribution in [-0.2, 0) is 6.54 Å². The van der Waals surface area contributed by atoms with Crippen LogP contribution < -0.4 is 5.32 Å². The molecule has 2 fully saturated rings. The largest absolute Gasteiger partial charge is 0.508 e. The van der Waals surface area contributed by atoms with Crippen molar-refractivity contribution in [3.63, 3.8) is 0 Å². The first-order valence-electron chi connectivity index (χ1n) is 9.13. The Bertz CT molecular complexity index is 559. The maximum absolute atomic E-state index is 12.6. The van der Waals surface area contributed by atoms with Gasteiger partial charge in [-0.05, 0) is 69.3 Å². The number of hydrogen-bond donors (Lipinski definition) is 2. The van der Waals surface area contributed by atoms with Crippen molar-refractivity contribution in [2.24, 2.45) is 5.92 Å². The second-order valence-corrected chi connectivity index (χ2v) is 7.32. The molecule has 0 radical (unpaired) electrons. The van der Waals surface area contributed by atoms with E-state index in [4.69, 9.17) is 0 Å². The minimum atomic E-state index is 0.0324. The van der Waals surface area contributed by atoms with Gasteiger partial charge < -0.3 is 20.2 Å². The Kier molecular flexibility index (Phi) is 5.61. The monoisotopic (exact) mass is 331 g/mol. The predicted molar refractivity (Wildman–Crippen MR) is 94.9 cm³/mol. The van der Waals surface area contributed by atoms with E-state index in [1.165, 1.54) is 19.4 Å². The van der Waals surface area contributed by atoms with Gasteiger partial charge >= 0.3 is 6.03 Å². The topological polar surface area (TPSA) is 55.8 Å². The molecule has 5 heteroatoms. The molecule has 3 rings (SSSR count). The molecule has 132 valence electrons. The van der Waals surface area contributed by atoms with Crippen molar-refractivity contribution >= 4 is 6.03 Å². The average molecular weight is 331 g/mol. The highest BCUT2D eigenvalue weighted by Gasteiger charge is 2.32. The summed E-state index contributed by atoms with van der Waals surface area (Å²) in [6.45, 7) is 3.66. The summed E-state index contributed by atoms with van der Waals surface area (Å²) in [5.41, 5.74) is 0.978. The van der Waals surface area contributed by atoms with Gasteiger partial charge in [0.1, 0.15) is 5.75 Å². The number of urea groups is 1. The third-order valence-electron chi connectivity index (χ3n) is 5.06. The van der Waals surface area contributed by atoms with Crippen LogP contribution in [0.2, 0.25) is 0 Å². The third-order valence-corrected chi connectivity index (χ3v) is 5.06. The molecule has 0 bridgehead atoms. The molecule has 1 aromatic carbocycles. The Morgan fingerprint density at radius 2 is 2.21 bits per heavy atom. The molecule has 2 N–H and O–H groups in total. The molecule has 2 amide bonds. The number of phenolic OH excluding ortho intramolecular Hbond substituents is 1. The summed E-state index contributed by atoms with van der Waals surface area (Å²) >= 11 is 0. The van der Waals surface area contributed by atoms with E-state index in [1.54, 1.807) is 12.1 Å². The highest BCUT2D eigenvalue weighted by Crippen LogP contribution is 2.29. The Hall–Kier alpha value is -1.75. The molecule has 1 saturated heterocycles. The van der Waals surface area contributed by atoms with Crippen LogP contribution in [0, 0.1) is 5.92 Å². The molecule has 1 unspecified atom stereocenters. The summed E-state index contributed by atoms with van der Waals surface area (Å²) in [6, 6.07) is 7.57. The van der Waals surface area contributed by atoms with Gasteiger partial charge in [0.05, 0.1) is 0 Å². The first kappa shape index (κ1) is 17.1. The number of piperidine rings is 1. The Labute approximate surface area is 144 Å². The number of amides is 2. The molecular formula is C19H29N3O2. The lowest BCUT2D eigenvalue weighted by Gasteiger charge is -2.30. The fraction of sp³-hybridized carbons (Fsp3) is 0.632. The maximum atomic E-state index is 12.6. The molecule has 5 nitrogen and oxygen atoms in total. The lowest BCUT2D eigenvalue weighted by atomic mass is 9.95. The Morgan fingerprint density at radius 3 is 2.92 bits per heavy atom. The van der Waals surface area contributed by atoms with Gasteiger partial charge in [0.15, 0.2) is 0 Å². The number of benzene rings is 1. The fourth-order valence-electron chi connectivity index (χ4n) is 3.60. The number of nitrogens with zero attached hydrogens (tertiary/aromatic N) is 2. The zero-order chi connectivity index (χ0) is 16.9. The zero-order valence-corrected chi connectivity index (χ0v) is 14.6. The number of nitrogens with one attached hydrogen (secondary N) is 1. The number of carbonyl (C=O) groups excluding carboxylic acids is 1. The van der Waals surface area contributed by atoms with Crippen LogP contribution in [0.5, 0.6) is 5.75 Å². The summed E-state index contributed by atoms with van der Waals surface area (Å²) in [5, 5.41) is 12.7. The van der Waals surface area contributed by atoms with Crippen LogP contribution in [0.1, 0.15) is 37.7 Å². The van der Waals surface area contributed by atoms with Crippen LogP contribution in [0.25, 0.3) is 0 Å². The second kappa shape index (κ2) is 7.88. The van der Waals surface area contributed by atoms with Gasteiger partial charge in [0.25, 0.3) is 0 Å². The number of likely N-dealkylation sites (tertiary alicyclic amines) is 1. The summed E-state index contributed by atoms with van der Waals surface area (Å²) in [7, 11) is 2.18. The summed E-state index contributed by atoms with van der Waals surface area (Å²) in [4.78, 5) is 16.9. The molecular weight excluding hydrogens is 302 g/mol. The molecule has 0 aromatic heterocycles. The summed E-state index contributed by atoms with van der Waals surface area (Å²) in [6.07, 6.45) is 5.76. The molecule has 24 heavy (non-hydrogen) atoms. The van der Waals surface area contributed by atoms with E-state index in [2.05, 4.69) is 17.3 Å². The van der Waals surface area contributed by atoms with Gasteiger partial charge in [-0.25, -0.2) is 4.79 Å². The lowest BCUT2D eigenvalue weighted by Crippen LogP contribution is -2.42. The highest BCUT2D eigenvalue weighted by molar-refractivity contribution is 5.74. The molecule has 2 aliphatic rings. The molecule has 1 aliphatic heterocycles. The smallest absolute Gasteiger partial charge is 0.317 e. The number of phenols is 1. The molecule has 1 heterocycles. The third kappa shape index (κ3) is 4.87. The number of carbonyl (C=O) groups is 1. The Morgan fingerprint density at radius 1 is 1.38 bits per heavy atom. The van der Waals surface area contributed by atoms with Crippen molar-refractivity contribution in [2.75, 3.05) is 26.7 Å². The predicted octanol–water partition coefficient (Wildman–Crippen LogP) is 2.80. The quantitative estimate of drug-likeness (QED) is 0.843. The van der Waals surface area contributed by atoms with Gasteiger partial charge in [0.2, 0.25) is 0 Å². The van der Waals surface area contributed by atoms with Crippen LogP contribution in [0.3, 0.4) is 0 Å². The van der Waals surface area contributed by atoms with E-state index in [0.29, 0.717) is 18.5 Å². The summed E-state index contributed by atoms with van der Waals surface area (Å²) in [5.74, 6) is 0.953. The van der Waals surface area contributed by atoms with E-state index in [0.717, 1.165) is 37.9 Å². The maximum Gasteiger partial charge on any atom is 0.317 e. The van der Waals surface area contributed by atoms with Crippen LogP contribution in [-0.4, -0.2) is 53.7 Å². The van der Waals surface area contributed by atoms with Crippen molar-refractivity contribution in [3.05, 3.63) is 29.8 Å². The molecule has 1 saturated carbocycles. The standard InChI is InChI=1S/C19H29N3O2/c1-21-11-3-5-15(13-21)9-10-20-19(24)22(17-7-8-17)14-16-4-2-6-18(23)12-16/h2,4,6,12,15,17,23H,3,5,7-11,13-14H2,1H3,(H,20,24). The zero-order valence-electron chi connectivity index (χ0n) is 14.6. The van der Waals surface area contributed by atoms with Crippen LogP contribution in [0.15, 0.2) is 24.3 Å².